The molecule has 4 atom stereocenters. The summed E-state index contributed by atoms with van der Waals surface area (Å²) in [5, 5.41) is 48.0. The zero-order valence-electron chi connectivity index (χ0n) is 8.41. The van der Waals surface area contributed by atoms with Gasteiger partial charge < -0.3 is 35.6 Å². The van der Waals surface area contributed by atoms with E-state index in [4.69, 9.17) is 14.9 Å². The van der Waals surface area contributed by atoms with Crippen molar-refractivity contribution >= 4 is 5.97 Å². The fourth-order valence-electron chi connectivity index (χ4n) is 1.51. The summed E-state index contributed by atoms with van der Waals surface area (Å²) in [7, 11) is 0. The predicted octanol–water partition coefficient (Wildman–Crippen LogP) is -3.54. The van der Waals surface area contributed by atoms with Gasteiger partial charge >= 0.3 is 5.97 Å². The van der Waals surface area contributed by atoms with E-state index in [0.29, 0.717) is 0 Å². The van der Waals surface area contributed by atoms with Crippen LogP contribution in [-0.4, -0.2) is 75.3 Å². The molecule has 0 radical (unpaired) electrons. The normalized spacial score (nSPS) is 38.9. The summed E-state index contributed by atoms with van der Waals surface area (Å²) < 4.78 is 4.85. The molecule has 0 aliphatic carbocycles. The van der Waals surface area contributed by atoms with Crippen LogP contribution in [-0.2, 0) is 9.53 Å². The van der Waals surface area contributed by atoms with E-state index in [9.17, 15) is 20.1 Å². The third-order valence-electron chi connectivity index (χ3n) is 2.36. The number of carbonyl (C=O) groups is 1. The molecule has 4 unspecified atom stereocenters. The number of aliphatic hydroxyl groups excluding tert-OH is 3. The molecule has 0 saturated carbocycles. The van der Waals surface area contributed by atoms with Crippen molar-refractivity contribution < 1.29 is 35.1 Å². The third kappa shape index (κ3) is 2.67. The van der Waals surface area contributed by atoms with E-state index in [1.54, 1.807) is 0 Å². The van der Waals surface area contributed by atoms with E-state index in [0.717, 1.165) is 0 Å². The highest BCUT2D eigenvalue weighted by molar-refractivity contribution is 5.68. The summed E-state index contributed by atoms with van der Waals surface area (Å²) in [6.45, 7) is -1.34. The van der Waals surface area contributed by atoms with Crippen LogP contribution in [0, 0.1) is 0 Å². The van der Waals surface area contributed by atoms with Crippen molar-refractivity contribution in [2.24, 2.45) is 0 Å². The van der Waals surface area contributed by atoms with Crippen LogP contribution in [0.25, 0.3) is 0 Å². The van der Waals surface area contributed by atoms with E-state index in [1.165, 1.54) is 0 Å². The highest BCUT2D eigenvalue weighted by atomic mass is 16.7. The molecule has 1 rings (SSSR count). The number of carboxylic acid groups (broad SMARTS) is 1. The first-order valence-corrected chi connectivity index (χ1v) is 4.70. The summed E-state index contributed by atoms with van der Waals surface area (Å²) in [5.74, 6) is -3.22. The standard InChI is InChI=1S/C8H15NO7/c10-2-4-6(13)7(14)8(15,16-4)3-9-1-5(11)12/h4,6-7,9-10,13-15H,1-3H2,(H,11,12). The maximum absolute atomic E-state index is 10.2. The van der Waals surface area contributed by atoms with Crippen LogP contribution in [0.3, 0.4) is 0 Å². The number of hydrogen-bond acceptors (Lipinski definition) is 7. The second kappa shape index (κ2) is 5.04. The van der Waals surface area contributed by atoms with Gasteiger partial charge in [0, 0.05) is 0 Å². The molecule has 8 heteroatoms. The van der Waals surface area contributed by atoms with Crippen LogP contribution in [0.2, 0.25) is 0 Å². The zero-order chi connectivity index (χ0) is 12.3. The Balaban J connectivity index is 2.53. The van der Waals surface area contributed by atoms with Crippen molar-refractivity contribution in [3.63, 3.8) is 0 Å². The Kier molecular flexibility index (Phi) is 4.19. The van der Waals surface area contributed by atoms with E-state index in [-0.39, 0.29) is 6.54 Å². The molecule has 1 saturated heterocycles. The number of ether oxygens (including phenoxy) is 1. The molecular weight excluding hydrogens is 222 g/mol. The summed E-state index contributed by atoms with van der Waals surface area (Å²) >= 11 is 0. The number of nitrogens with one attached hydrogen (secondary N) is 1. The number of aliphatic carboxylic acids is 1. The van der Waals surface area contributed by atoms with Gasteiger partial charge in [-0.15, -0.1) is 0 Å². The second-order valence-electron chi connectivity index (χ2n) is 3.62. The fraction of sp³-hybridized carbons (Fsp3) is 0.875. The van der Waals surface area contributed by atoms with Gasteiger partial charge in [-0.3, -0.25) is 4.79 Å². The molecule has 1 heterocycles. The van der Waals surface area contributed by atoms with Crippen molar-refractivity contribution in [1.29, 1.82) is 0 Å². The van der Waals surface area contributed by atoms with Gasteiger partial charge in [0.15, 0.2) is 0 Å². The third-order valence-corrected chi connectivity index (χ3v) is 2.36. The number of aliphatic hydroxyl groups is 4. The van der Waals surface area contributed by atoms with Crippen LogP contribution in [0.15, 0.2) is 0 Å². The molecule has 16 heavy (non-hydrogen) atoms. The van der Waals surface area contributed by atoms with Gasteiger partial charge in [-0.25, -0.2) is 0 Å². The summed E-state index contributed by atoms with van der Waals surface area (Å²) in [5.41, 5.74) is 0. The number of rotatable bonds is 5. The lowest BCUT2D eigenvalue weighted by Crippen LogP contribution is -2.51. The molecule has 1 aliphatic heterocycles. The lowest BCUT2D eigenvalue weighted by molar-refractivity contribution is -0.226. The fourth-order valence-corrected chi connectivity index (χ4v) is 1.51. The molecule has 0 spiro atoms. The topological polar surface area (TPSA) is 139 Å². The number of carboxylic acids is 1. The minimum Gasteiger partial charge on any atom is -0.480 e. The largest absolute Gasteiger partial charge is 0.480 e. The first kappa shape index (κ1) is 13.3. The van der Waals surface area contributed by atoms with Crippen molar-refractivity contribution in [2.75, 3.05) is 19.7 Å². The minimum atomic E-state index is -2.09. The zero-order valence-corrected chi connectivity index (χ0v) is 8.41. The van der Waals surface area contributed by atoms with Crippen molar-refractivity contribution in [3.8, 4) is 0 Å². The molecule has 0 bridgehead atoms. The summed E-state index contributed by atoms with van der Waals surface area (Å²) in [4.78, 5) is 10.2. The summed E-state index contributed by atoms with van der Waals surface area (Å²) in [6.07, 6.45) is -4.11. The van der Waals surface area contributed by atoms with Crippen LogP contribution < -0.4 is 5.32 Å². The first-order valence-electron chi connectivity index (χ1n) is 4.70. The van der Waals surface area contributed by atoms with Gasteiger partial charge in [0.2, 0.25) is 5.79 Å². The molecule has 0 aromatic rings. The molecule has 0 aromatic heterocycles. The number of hydrogen-bond donors (Lipinski definition) is 6. The van der Waals surface area contributed by atoms with Gasteiger partial charge in [-0.1, -0.05) is 0 Å². The van der Waals surface area contributed by atoms with E-state index >= 15 is 0 Å². The van der Waals surface area contributed by atoms with Gasteiger partial charge in [0.25, 0.3) is 0 Å². The molecule has 1 aliphatic rings. The Labute approximate surface area is 91.1 Å². The quantitative estimate of drug-likeness (QED) is 0.289. The van der Waals surface area contributed by atoms with E-state index in [1.807, 2.05) is 0 Å². The maximum atomic E-state index is 10.2. The van der Waals surface area contributed by atoms with Gasteiger partial charge in [-0.05, 0) is 0 Å². The van der Waals surface area contributed by atoms with Gasteiger partial charge in [-0.2, -0.15) is 0 Å². The van der Waals surface area contributed by atoms with Gasteiger partial charge in [0.05, 0.1) is 19.7 Å². The monoisotopic (exact) mass is 237 g/mol. The smallest absolute Gasteiger partial charge is 0.317 e. The van der Waals surface area contributed by atoms with Crippen LogP contribution in [0.5, 0.6) is 0 Å². The summed E-state index contributed by atoms with van der Waals surface area (Å²) in [6, 6.07) is 0. The molecule has 8 nitrogen and oxygen atoms in total. The molecular formula is C8H15NO7. The van der Waals surface area contributed by atoms with Crippen LogP contribution >= 0.6 is 0 Å². The Morgan fingerprint density at radius 1 is 1.44 bits per heavy atom. The lowest BCUT2D eigenvalue weighted by Gasteiger charge is -2.25. The average Bonchev–Trinajstić information content (AvgIpc) is 2.43. The molecule has 94 valence electrons. The van der Waals surface area contributed by atoms with Crippen molar-refractivity contribution in [1.82, 2.24) is 5.32 Å². The Bertz CT molecular complexity index is 261. The predicted molar refractivity (Wildman–Crippen MR) is 49.4 cm³/mol. The highest BCUT2D eigenvalue weighted by Gasteiger charge is 2.52. The SMILES string of the molecule is O=C(O)CNCC1(O)OC(CO)C(O)C1O. The molecule has 1 fully saturated rings. The Morgan fingerprint density at radius 3 is 2.50 bits per heavy atom. The van der Waals surface area contributed by atoms with Crippen molar-refractivity contribution in [2.45, 2.75) is 24.1 Å². The van der Waals surface area contributed by atoms with Crippen LogP contribution in [0.1, 0.15) is 0 Å². The van der Waals surface area contributed by atoms with E-state index < -0.39 is 43.2 Å². The van der Waals surface area contributed by atoms with Crippen molar-refractivity contribution in [3.05, 3.63) is 0 Å². The van der Waals surface area contributed by atoms with E-state index in [2.05, 4.69) is 5.32 Å². The maximum Gasteiger partial charge on any atom is 0.317 e. The minimum absolute atomic E-state index is 0.367. The Hall–Kier alpha value is -0.770. The lowest BCUT2D eigenvalue weighted by atomic mass is 10.1. The molecule has 6 N–H and O–H groups in total. The average molecular weight is 237 g/mol. The first-order chi connectivity index (χ1) is 7.40. The van der Waals surface area contributed by atoms with Gasteiger partial charge in [0.1, 0.15) is 18.3 Å². The Morgan fingerprint density at radius 2 is 2.06 bits per heavy atom. The molecule has 0 amide bonds. The highest BCUT2D eigenvalue weighted by Crippen LogP contribution is 2.28. The van der Waals surface area contributed by atoms with Crippen LogP contribution in [0.4, 0.5) is 0 Å². The second-order valence-corrected chi connectivity index (χ2v) is 3.62. The molecule has 0 aromatic carbocycles.